The lowest BCUT2D eigenvalue weighted by atomic mass is 10.4. The molecule has 2 rings (SSSR count). The first-order valence-corrected chi connectivity index (χ1v) is 5.78. The Kier molecular flexibility index (Phi) is 3.48. The molecule has 0 saturated carbocycles. The van der Waals surface area contributed by atoms with Gasteiger partial charge in [-0.05, 0) is 17.8 Å². The molecule has 0 fully saturated rings. The van der Waals surface area contributed by atoms with Crippen molar-refractivity contribution in [2.24, 2.45) is 5.73 Å². The number of hydrogen-bond acceptors (Lipinski definition) is 7. The number of carbonyl (C=O) groups is 1. The zero-order valence-corrected chi connectivity index (χ0v) is 10.4. The van der Waals surface area contributed by atoms with E-state index in [2.05, 4.69) is 20.4 Å². The first-order valence-electron chi connectivity index (χ1n) is 4.55. The van der Waals surface area contributed by atoms with Crippen LogP contribution in [0.1, 0.15) is 10.5 Å². The highest BCUT2D eigenvalue weighted by Crippen LogP contribution is 2.15. The molecule has 0 unspecified atom stereocenters. The van der Waals surface area contributed by atoms with Crippen LogP contribution in [0.2, 0.25) is 0 Å². The molecule has 0 bridgehead atoms. The normalized spacial score (nSPS) is 10.2. The molecule has 3 N–H and O–H groups in total. The van der Waals surface area contributed by atoms with Gasteiger partial charge >= 0.3 is 0 Å². The summed E-state index contributed by atoms with van der Waals surface area (Å²) in [5, 5.41) is 13.3. The number of aromatic amines is 1. The van der Waals surface area contributed by atoms with Crippen LogP contribution in [-0.2, 0) is 0 Å². The molecule has 0 aliphatic rings. The van der Waals surface area contributed by atoms with Gasteiger partial charge in [0.25, 0.3) is 11.5 Å². The molecule has 0 radical (unpaired) electrons. The number of aromatic nitrogens is 5. The fourth-order valence-electron chi connectivity index (χ4n) is 1.11. The van der Waals surface area contributed by atoms with E-state index in [9.17, 15) is 9.59 Å². The number of carbonyl (C=O) groups excluding carboxylic acids is 1. The summed E-state index contributed by atoms with van der Waals surface area (Å²) in [4.78, 5) is 22.9. The van der Waals surface area contributed by atoms with Crippen molar-refractivity contribution in [1.29, 1.82) is 0 Å². The first-order chi connectivity index (χ1) is 8.58. The third-order valence-electron chi connectivity index (χ3n) is 1.83. The Bertz CT molecular complexity index is 643. The van der Waals surface area contributed by atoms with E-state index < -0.39 is 11.5 Å². The van der Waals surface area contributed by atoms with Crippen LogP contribution in [0.25, 0.3) is 0 Å². The summed E-state index contributed by atoms with van der Waals surface area (Å²) >= 11 is 5.64. The number of nitrogens with two attached hydrogens (primary N) is 1. The van der Waals surface area contributed by atoms with Gasteiger partial charge in [-0.3, -0.25) is 9.59 Å². The Morgan fingerprint density at radius 1 is 1.50 bits per heavy atom. The maximum Gasteiger partial charge on any atom is 0.285 e. The van der Waals surface area contributed by atoms with Gasteiger partial charge in [0.1, 0.15) is 16.3 Å². The zero-order chi connectivity index (χ0) is 13.1. The minimum absolute atomic E-state index is 0.0548. The number of H-pyrrole nitrogens is 1. The SMILES string of the molecule is NC(=S)Sc1nncn1C(=O)c1ccc(=O)[nH]n1. The van der Waals surface area contributed by atoms with Gasteiger partial charge in [-0.1, -0.05) is 12.2 Å². The van der Waals surface area contributed by atoms with E-state index in [0.717, 1.165) is 16.3 Å². The van der Waals surface area contributed by atoms with E-state index in [1.807, 2.05) is 0 Å². The molecule has 0 aliphatic carbocycles. The Hall–Kier alpha value is -2.07. The van der Waals surface area contributed by atoms with Crippen molar-refractivity contribution in [2.75, 3.05) is 0 Å². The van der Waals surface area contributed by atoms with Crippen molar-refractivity contribution >= 4 is 34.2 Å². The second kappa shape index (κ2) is 5.06. The van der Waals surface area contributed by atoms with Crippen LogP contribution in [0.4, 0.5) is 0 Å². The summed E-state index contributed by atoms with van der Waals surface area (Å²) in [7, 11) is 0. The molecular formula is C8H6N6O2S2. The van der Waals surface area contributed by atoms with E-state index in [4.69, 9.17) is 18.0 Å². The quantitative estimate of drug-likeness (QED) is 0.552. The molecule has 0 saturated heterocycles. The average molecular weight is 282 g/mol. The third-order valence-corrected chi connectivity index (χ3v) is 2.74. The summed E-state index contributed by atoms with van der Waals surface area (Å²) in [6.45, 7) is 0. The fourth-order valence-corrected chi connectivity index (χ4v) is 1.83. The van der Waals surface area contributed by atoms with E-state index >= 15 is 0 Å². The molecule has 2 aromatic rings. The van der Waals surface area contributed by atoms with Gasteiger partial charge in [-0.15, -0.1) is 10.2 Å². The van der Waals surface area contributed by atoms with Crippen molar-refractivity contribution in [3.05, 3.63) is 34.5 Å². The topological polar surface area (TPSA) is 120 Å². The average Bonchev–Trinajstić information content (AvgIpc) is 2.76. The second-order valence-electron chi connectivity index (χ2n) is 3.02. The van der Waals surface area contributed by atoms with Crippen LogP contribution in [0.3, 0.4) is 0 Å². The van der Waals surface area contributed by atoms with E-state index in [0.29, 0.717) is 0 Å². The molecule has 18 heavy (non-hydrogen) atoms. The van der Waals surface area contributed by atoms with Crippen LogP contribution in [0.15, 0.2) is 28.4 Å². The minimum Gasteiger partial charge on any atom is -0.384 e. The van der Waals surface area contributed by atoms with Gasteiger partial charge in [0.2, 0.25) is 5.16 Å². The second-order valence-corrected chi connectivity index (χ2v) is 4.72. The lowest BCUT2D eigenvalue weighted by molar-refractivity contribution is 0.0944. The van der Waals surface area contributed by atoms with Crippen molar-refractivity contribution in [3.63, 3.8) is 0 Å². The smallest absolute Gasteiger partial charge is 0.285 e. The largest absolute Gasteiger partial charge is 0.384 e. The molecule has 8 nitrogen and oxygen atoms in total. The van der Waals surface area contributed by atoms with E-state index in [1.54, 1.807) is 0 Å². The lowest BCUT2D eigenvalue weighted by Crippen LogP contribution is -2.18. The Morgan fingerprint density at radius 3 is 2.89 bits per heavy atom. The Balaban J connectivity index is 2.34. The predicted octanol–water partition coefficient (Wildman–Crippen LogP) is -0.614. The monoisotopic (exact) mass is 282 g/mol. The summed E-state index contributed by atoms with van der Waals surface area (Å²) < 4.78 is 1.26. The molecule has 0 atom stereocenters. The van der Waals surface area contributed by atoms with Crippen LogP contribution in [-0.4, -0.2) is 35.2 Å². The maximum atomic E-state index is 12.0. The summed E-state index contributed by atoms with van der Waals surface area (Å²) in [5.74, 6) is -0.491. The number of hydrogen-bond donors (Lipinski definition) is 2. The number of thiocarbonyl (C=S) groups is 1. The van der Waals surface area contributed by atoms with E-state index in [1.165, 1.54) is 18.5 Å². The van der Waals surface area contributed by atoms with Gasteiger partial charge < -0.3 is 5.73 Å². The number of nitrogens with one attached hydrogen (secondary N) is 1. The van der Waals surface area contributed by atoms with Crippen molar-refractivity contribution in [3.8, 4) is 0 Å². The molecule has 2 aromatic heterocycles. The Morgan fingerprint density at radius 2 is 2.28 bits per heavy atom. The number of nitrogens with zero attached hydrogens (tertiary/aromatic N) is 4. The first kappa shape index (κ1) is 12.4. The molecule has 0 aromatic carbocycles. The summed E-state index contributed by atoms with van der Waals surface area (Å²) in [6, 6.07) is 2.50. The molecule has 92 valence electrons. The maximum absolute atomic E-state index is 12.0. The number of rotatable bonds is 2. The third kappa shape index (κ3) is 2.60. The molecule has 10 heteroatoms. The predicted molar refractivity (Wildman–Crippen MR) is 67.3 cm³/mol. The summed E-state index contributed by atoms with van der Waals surface area (Å²) in [6.07, 6.45) is 1.22. The van der Waals surface area contributed by atoms with Crippen LogP contribution in [0, 0.1) is 0 Å². The van der Waals surface area contributed by atoms with Crippen molar-refractivity contribution in [1.82, 2.24) is 25.0 Å². The standard InChI is InChI=1S/C8H6N6O2S2/c9-7(17)18-8-13-10-3-14(8)6(16)4-1-2-5(15)12-11-4/h1-3H,(H2,9,17)(H,12,15). The zero-order valence-electron chi connectivity index (χ0n) is 8.73. The molecule has 0 aliphatic heterocycles. The molecule has 0 spiro atoms. The number of thioether (sulfide) groups is 1. The Labute approximate surface area is 110 Å². The highest BCUT2D eigenvalue weighted by atomic mass is 32.2. The minimum atomic E-state index is -0.491. The molecule has 0 amide bonds. The van der Waals surface area contributed by atoms with Gasteiger partial charge in [-0.2, -0.15) is 5.10 Å². The van der Waals surface area contributed by atoms with Crippen LogP contribution >= 0.6 is 24.0 Å². The molecular weight excluding hydrogens is 276 g/mol. The van der Waals surface area contributed by atoms with Crippen molar-refractivity contribution < 1.29 is 4.79 Å². The fraction of sp³-hybridized carbons (Fsp3) is 0. The lowest BCUT2D eigenvalue weighted by Gasteiger charge is -2.02. The molecule has 2 heterocycles. The van der Waals surface area contributed by atoms with Gasteiger partial charge in [0.05, 0.1) is 0 Å². The van der Waals surface area contributed by atoms with Crippen LogP contribution < -0.4 is 11.3 Å². The van der Waals surface area contributed by atoms with Crippen LogP contribution in [0.5, 0.6) is 0 Å². The van der Waals surface area contributed by atoms with Crippen molar-refractivity contribution in [2.45, 2.75) is 5.16 Å². The highest BCUT2D eigenvalue weighted by molar-refractivity contribution is 8.22. The van der Waals surface area contributed by atoms with Gasteiger partial charge in [0.15, 0.2) is 0 Å². The highest BCUT2D eigenvalue weighted by Gasteiger charge is 2.16. The van der Waals surface area contributed by atoms with Gasteiger partial charge in [-0.25, -0.2) is 9.67 Å². The summed E-state index contributed by atoms with van der Waals surface area (Å²) in [5.41, 5.74) is 5.01. The van der Waals surface area contributed by atoms with Gasteiger partial charge in [0, 0.05) is 6.07 Å². The van der Waals surface area contributed by atoms with E-state index in [-0.39, 0.29) is 15.2 Å².